The second kappa shape index (κ2) is 8.06. The first-order valence-corrected chi connectivity index (χ1v) is 10.5. The van der Waals surface area contributed by atoms with Crippen LogP contribution in [0.4, 0.5) is 0 Å². The van der Waals surface area contributed by atoms with Crippen LogP contribution in [0.3, 0.4) is 0 Å². The van der Waals surface area contributed by atoms with Gasteiger partial charge in [0, 0.05) is 28.4 Å². The molecule has 4 nitrogen and oxygen atoms in total. The Bertz CT molecular complexity index is 115. The van der Waals surface area contributed by atoms with E-state index in [1.165, 1.54) is 28.4 Å². The highest BCUT2D eigenvalue weighted by atomic mass is 35.7. The van der Waals surface area contributed by atoms with Crippen molar-refractivity contribution in [3.8, 4) is 0 Å². The molecule has 0 bridgehead atoms. The van der Waals surface area contributed by atoms with Gasteiger partial charge in [0.05, 0.1) is 0 Å². The van der Waals surface area contributed by atoms with Crippen LogP contribution in [0.1, 0.15) is 0 Å². The van der Waals surface area contributed by atoms with Crippen molar-refractivity contribution in [2.24, 2.45) is 0 Å². The smallest absolute Gasteiger partial charge is 0.355 e. The minimum atomic E-state index is -2.69. The molecule has 0 spiro atoms. The van der Waals surface area contributed by atoms with Gasteiger partial charge in [0.2, 0.25) is 6.69 Å². The minimum absolute atomic E-state index is 1.49. The Labute approximate surface area is 97.3 Å². The van der Waals surface area contributed by atoms with Gasteiger partial charge in [-0.1, -0.05) is 0 Å². The Balaban J connectivity index is 0. The summed E-state index contributed by atoms with van der Waals surface area (Å²) in [6.07, 6.45) is 0. The van der Waals surface area contributed by atoms with Gasteiger partial charge in [-0.25, -0.2) is 0 Å². The predicted molar refractivity (Wildman–Crippen MR) is 63.0 cm³/mol. The van der Waals surface area contributed by atoms with E-state index in [0.29, 0.717) is 0 Å². The molecular formula is C6H18Cl2O4Si2. The van der Waals surface area contributed by atoms with E-state index in [9.17, 15) is 0 Å². The zero-order valence-electron chi connectivity index (χ0n) is 9.39. The fourth-order valence-corrected chi connectivity index (χ4v) is 1.50. The molecule has 0 heterocycles. The van der Waals surface area contributed by atoms with Crippen molar-refractivity contribution >= 4 is 37.9 Å². The largest absolute Gasteiger partial charge is 0.678 e. The van der Waals surface area contributed by atoms with Crippen LogP contribution in [0.15, 0.2) is 0 Å². The third-order valence-corrected chi connectivity index (χ3v) is 3.00. The Hall–Kier alpha value is 0.854. The summed E-state index contributed by atoms with van der Waals surface area (Å²) in [5.41, 5.74) is 0. The van der Waals surface area contributed by atoms with E-state index in [0.717, 1.165) is 0 Å². The second-order valence-corrected chi connectivity index (χ2v) is 14.2. The van der Waals surface area contributed by atoms with Crippen LogP contribution in [0.2, 0.25) is 13.1 Å². The molecule has 88 valence electrons. The summed E-state index contributed by atoms with van der Waals surface area (Å²) in [5, 5.41) is 0. The minimum Gasteiger partial charge on any atom is -0.355 e. The van der Waals surface area contributed by atoms with Crippen molar-refractivity contribution in [3.63, 3.8) is 0 Å². The van der Waals surface area contributed by atoms with E-state index >= 15 is 0 Å². The molecule has 0 radical (unpaired) electrons. The number of halogens is 2. The fraction of sp³-hybridized carbons (Fsp3) is 1.00. The van der Waals surface area contributed by atoms with E-state index in [4.69, 9.17) is 39.9 Å². The molecule has 0 rings (SSSR count). The lowest BCUT2D eigenvalue weighted by Crippen LogP contribution is -2.45. The summed E-state index contributed by atoms with van der Waals surface area (Å²) in [4.78, 5) is 0. The van der Waals surface area contributed by atoms with Gasteiger partial charge in [-0.2, -0.15) is 0 Å². The first-order valence-electron chi connectivity index (χ1n) is 3.83. The van der Waals surface area contributed by atoms with Crippen molar-refractivity contribution in [1.29, 1.82) is 0 Å². The van der Waals surface area contributed by atoms with Crippen molar-refractivity contribution < 1.29 is 17.7 Å². The van der Waals surface area contributed by atoms with Gasteiger partial charge in [-0.05, 0) is 13.1 Å². The van der Waals surface area contributed by atoms with Crippen molar-refractivity contribution in [2.75, 3.05) is 28.4 Å². The summed E-state index contributed by atoms with van der Waals surface area (Å²) in [6.45, 7) is 2.05. The maximum Gasteiger partial charge on any atom is 0.678 e. The van der Waals surface area contributed by atoms with Gasteiger partial charge in [0.15, 0.2) is 0 Å². The maximum atomic E-state index is 5.43. The number of hydrogen-bond donors (Lipinski definition) is 0. The Morgan fingerprint density at radius 2 is 0.857 bits per heavy atom. The van der Waals surface area contributed by atoms with E-state index in [1.54, 1.807) is 0 Å². The molecule has 0 N–H and O–H groups in total. The van der Waals surface area contributed by atoms with Crippen molar-refractivity contribution in [2.45, 2.75) is 13.1 Å². The van der Waals surface area contributed by atoms with Gasteiger partial charge in [-0.15, -0.1) is 22.2 Å². The van der Waals surface area contributed by atoms with E-state index in [-0.39, 0.29) is 0 Å². The summed E-state index contributed by atoms with van der Waals surface area (Å²) < 4.78 is 19.4. The number of rotatable bonds is 4. The van der Waals surface area contributed by atoms with Crippen LogP contribution in [0, 0.1) is 0 Å². The van der Waals surface area contributed by atoms with Gasteiger partial charge in [0.25, 0.3) is 0 Å². The molecule has 0 fully saturated rings. The van der Waals surface area contributed by atoms with E-state index in [1.807, 2.05) is 13.1 Å². The summed E-state index contributed by atoms with van der Waals surface area (Å²) in [6, 6.07) is 0. The van der Waals surface area contributed by atoms with Gasteiger partial charge < -0.3 is 17.7 Å². The second-order valence-electron chi connectivity index (χ2n) is 2.64. The highest BCUT2D eigenvalue weighted by Crippen LogP contribution is 2.10. The lowest BCUT2D eigenvalue weighted by molar-refractivity contribution is 0.0226. The molecule has 0 unspecified atom stereocenters. The highest BCUT2D eigenvalue weighted by Gasteiger charge is 2.40. The molecule has 0 atom stereocenters. The van der Waals surface area contributed by atoms with E-state index < -0.39 is 15.7 Å². The van der Waals surface area contributed by atoms with Crippen LogP contribution in [0.25, 0.3) is 0 Å². The van der Waals surface area contributed by atoms with Gasteiger partial charge in [0.1, 0.15) is 0 Å². The SMILES string of the molecule is CO[Si](OC)(OC)OC.C[Si](C)(Cl)Cl. The van der Waals surface area contributed by atoms with Crippen LogP contribution in [0.5, 0.6) is 0 Å². The maximum absolute atomic E-state index is 5.43. The number of hydrogen-bond acceptors (Lipinski definition) is 4. The zero-order chi connectivity index (χ0) is 11.8. The first-order chi connectivity index (χ1) is 6.24. The standard InChI is InChI=1S/C4H12O4Si.C2H6Cl2Si/c1-5-9(6-2,7-3)8-4;1-5(2,3)4/h1-4H3;1-2H3. The molecule has 0 saturated heterocycles. The third-order valence-electron chi connectivity index (χ3n) is 1.00. The topological polar surface area (TPSA) is 36.9 Å². The Morgan fingerprint density at radius 3 is 0.857 bits per heavy atom. The van der Waals surface area contributed by atoms with Crippen molar-refractivity contribution in [3.05, 3.63) is 0 Å². The molecule has 0 aliphatic heterocycles. The predicted octanol–water partition coefficient (Wildman–Crippen LogP) is 2.17. The normalized spacial score (nSPS) is 12.0. The molecule has 0 saturated carbocycles. The lowest BCUT2D eigenvalue weighted by Gasteiger charge is -2.19. The van der Waals surface area contributed by atoms with Crippen LogP contribution < -0.4 is 0 Å². The average molecular weight is 281 g/mol. The molecule has 8 heteroatoms. The van der Waals surface area contributed by atoms with Gasteiger partial charge >= 0.3 is 9.05 Å². The highest BCUT2D eigenvalue weighted by molar-refractivity contribution is 7.44. The third kappa shape index (κ3) is 10.9. The quantitative estimate of drug-likeness (QED) is 0.584. The lowest BCUT2D eigenvalue weighted by atomic mass is 11.8. The average Bonchev–Trinajstić information content (AvgIpc) is 2.07. The fourth-order valence-electron chi connectivity index (χ4n) is 0.500. The van der Waals surface area contributed by atoms with E-state index in [2.05, 4.69) is 0 Å². The molecule has 14 heavy (non-hydrogen) atoms. The Morgan fingerprint density at radius 1 is 0.714 bits per heavy atom. The Kier molecular flexibility index (Phi) is 9.93. The molecule has 0 amide bonds. The molecule has 0 aliphatic carbocycles. The van der Waals surface area contributed by atoms with Crippen LogP contribution in [-0.2, 0) is 17.7 Å². The van der Waals surface area contributed by atoms with Crippen LogP contribution >= 0.6 is 22.2 Å². The van der Waals surface area contributed by atoms with Crippen molar-refractivity contribution in [1.82, 2.24) is 0 Å². The van der Waals surface area contributed by atoms with Crippen LogP contribution in [-0.4, -0.2) is 44.2 Å². The monoisotopic (exact) mass is 280 g/mol. The van der Waals surface area contributed by atoms with Gasteiger partial charge in [-0.3, -0.25) is 0 Å². The first kappa shape index (κ1) is 17.3. The zero-order valence-corrected chi connectivity index (χ0v) is 12.9. The summed E-state index contributed by atoms with van der Waals surface area (Å²) >= 11 is 10.9. The summed E-state index contributed by atoms with van der Waals surface area (Å²) in [5.74, 6) is 0. The molecule has 0 aromatic heterocycles. The molecule has 0 aromatic carbocycles. The molecule has 0 aromatic rings. The molecular weight excluding hydrogens is 263 g/mol. The summed E-state index contributed by atoms with van der Waals surface area (Å²) in [7, 11) is 3.26. The molecule has 0 aliphatic rings.